The molecule has 0 amide bonds. The third-order valence-electron chi connectivity index (χ3n) is 3.50. The van der Waals surface area contributed by atoms with E-state index in [1.54, 1.807) is 11.3 Å². The molecular formula is C17H20N4S. The average Bonchev–Trinajstić information content (AvgIpc) is 3.18. The topological polar surface area (TPSA) is 34.0 Å². The monoisotopic (exact) mass is 312 g/mol. The summed E-state index contributed by atoms with van der Waals surface area (Å²) in [5.74, 6) is 0. The molecule has 4 nitrogen and oxygen atoms in total. The van der Waals surface area contributed by atoms with Crippen molar-refractivity contribution in [1.82, 2.24) is 19.7 Å². The number of hydrogen-bond acceptors (Lipinski definition) is 4. The van der Waals surface area contributed by atoms with Gasteiger partial charge in [-0.05, 0) is 18.7 Å². The second-order valence-corrected chi connectivity index (χ2v) is 6.34. The summed E-state index contributed by atoms with van der Waals surface area (Å²) in [4.78, 5) is 7.03. The van der Waals surface area contributed by atoms with Gasteiger partial charge in [0.05, 0.1) is 17.2 Å². The summed E-state index contributed by atoms with van der Waals surface area (Å²) in [7, 11) is 2.12. The van der Waals surface area contributed by atoms with Crippen LogP contribution < -0.4 is 0 Å². The van der Waals surface area contributed by atoms with Crippen LogP contribution in [0.3, 0.4) is 0 Å². The van der Waals surface area contributed by atoms with Crippen molar-refractivity contribution in [3.05, 3.63) is 70.4 Å². The Kier molecular flexibility index (Phi) is 4.98. The highest BCUT2D eigenvalue weighted by Crippen LogP contribution is 2.15. The number of benzene rings is 1. The van der Waals surface area contributed by atoms with Gasteiger partial charge in [0.15, 0.2) is 0 Å². The fourth-order valence-electron chi connectivity index (χ4n) is 2.33. The molecule has 0 spiro atoms. The Labute approximate surface area is 135 Å². The first kappa shape index (κ1) is 14.9. The summed E-state index contributed by atoms with van der Waals surface area (Å²) in [5.41, 5.74) is 2.47. The van der Waals surface area contributed by atoms with Crippen molar-refractivity contribution in [3.8, 4) is 0 Å². The van der Waals surface area contributed by atoms with Crippen LogP contribution in [-0.2, 0) is 19.5 Å². The van der Waals surface area contributed by atoms with Crippen molar-refractivity contribution in [2.75, 3.05) is 13.6 Å². The molecule has 0 aliphatic rings. The van der Waals surface area contributed by atoms with E-state index in [1.807, 2.05) is 29.2 Å². The van der Waals surface area contributed by atoms with Gasteiger partial charge in [-0.3, -0.25) is 9.58 Å². The van der Waals surface area contributed by atoms with Crippen LogP contribution in [-0.4, -0.2) is 33.3 Å². The van der Waals surface area contributed by atoms with Crippen LogP contribution in [0.15, 0.2) is 54.2 Å². The number of aromatic nitrogens is 3. The maximum Gasteiger partial charge on any atom is 0.0972 e. The van der Waals surface area contributed by atoms with E-state index in [2.05, 4.69) is 46.7 Å². The molecule has 1 aromatic carbocycles. The number of likely N-dealkylation sites (N-methyl/N-ethyl adjacent to an activating group) is 1. The molecule has 0 bridgehead atoms. The lowest BCUT2D eigenvalue weighted by molar-refractivity contribution is 0.302. The van der Waals surface area contributed by atoms with Gasteiger partial charge in [-0.25, -0.2) is 4.98 Å². The molecule has 3 rings (SSSR count). The van der Waals surface area contributed by atoms with Gasteiger partial charge in [-0.2, -0.15) is 5.10 Å². The molecule has 0 N–H and O–H groups in total. The standard InChI is InChI=1S/C17H20N4S/c1-20(10-11-21-9-5-8-18-21)13-16-14-22-17(19-16)12-15-6-3-2-4-7-15/h2-9,14H,10-13H2,1H3. The number of hydrogen-bond donors (Lipinski definition) is 0. The average molecular weight is 312 g/mol. The van der Waals surface area contributed by atoms with Gasteiger partial charge in [-0.15, -0.1) is 11.3 Å². The van der Waals surface area contributed by atoms with E-state index >= 15 is 0 Å². The summed E-state index contributed by atoms with van der Waals surface area (Å²) in [6.07, 6.45) is 4.73. The van der Waals surface area contributed by atoms with Gasteiger partial charge in [0.2, 0.25) is 0 Å². The number of thiazole rings is 1. The molecule has 0 saturated carbocycles. The SMILES string of the molecule is CN(CCn1cccn1)Cc1csc(Cc2ccccc2)n1. The molecule has 2 aromatic heterocycles. The van der Waals surface area contributed by atoms with E-state index in [0.29, 0.717) is 0 Å². The lowest BCUT2D eigenvalue weighted by atomic mass is 10.2. The van der Waals surface area contributed by atoms with Crippen molar-refractivity contribution < 1.29 is 0 Å². The van der Waals surface area contributed by atoms with E-state index in [4.69, 9.17) is 4.98 Å². The molecule has 2 heterocycles. The first-order valence-corrected chi connectivity index (χ1v) is 8.31. The molecule has 0 saturated heterocycles. The van der Waals surface area contributed by atoms with Crippen molar-refractivity contribution in [1.29, 1.82) is 0 Å². The quantitative estimate of drug-likeness (QED) is 0.672. The largest absolute Gasteiger partial charge is 0.299 e. The van der Waals surface area contributed by atoms with Crippen LogP contribution in [0.4, 0.5) is 0 Å². The predicted octanol–water partition coefficient (Wildman–Crippen LogP) is 3.06. The Bertz CT molecular complexity index is 676. The minimum Gasteiger partial charge on any atom is -0.299 e. The second-order valence-electron chi connectivity index (χ2n) is 5.40. The van der Waals surface area contributed by atoms with Gasteiger partial charge in [0.25, 0.3) is 0 Å². The Hall–Kier alpha value is -1.98. The molecule has 114 valence electrons. The highest BCUT2D eigenvalue weighted by atomic mass is 32.1. The van der Waals surface area contributed by atoms with Gasteiger partial charge in [0.1, 0.15) is 0 Å². The fraction of sp³-hybridized carbons (Fsp3) is 0.294. The molecule has 0 unspecified atom stereocenters. The number of nitrogens with zero attached hydrogens (tertiary/aromatic N) is 4. The zero-order chi connectivity index (χ0) is 15.2. The maximum absolute atomic E-state index is 4.74. The van der Waals surface area contributed by atoms with E-state index in [1.165, 1.54) is 10.6 Å². The maximum atomic E-state index is 4.74. The minimum atomic E-state index is 0.882. The minimum absolute atomic E-state index is 0.882. The predicted molar refractivity (Wildman–Crippen MR) is 89.9 cm³/mol. The van der Waals surface area contributed by atoms with Crippen LogP contribution in [0, 0.1) is 0 Å². The van der Waals surface area contributed by atoms with Crippen molar-refractivity contribution in [3.63, 3.8) is 0 Å². The highest BCUT2D eigenvalue weighted by Gasteiger charge is 2.06. The first-order chi connectivity index (χ1) is 10.8. The molecule has 0 atom stereocenters. The summed E-state index contributed by atoms with van der Waals surface area (Å²) in [5, 5.41) is 7.57. The lowest BCUT2D eigenvalue weighted by Gasteiger charge is -2.14. The zero-order valence-electron chi connectivity index (χ0n) is 12.7. The van der Waals surface area contributed by atoms with Crippen molar-refractivity contribution in [2.45, 2.75) is 19.5 Å². The van der Waals surface area contributed by atoms with Crippen molar-refractivity contribution in [2.24, 2.45) is 0 Å². The fourth-order valence-corrected chi connectivity index (χ4v) is 3.15. The molecule has 0 fully saturated rings. The van der Waals surface area contributed by atoms with Gasteiger partial charge in [0, 0.05) is 37.3 Å². The summed E-state index contributed by atoms with van der Waals surface area (Å²) in [6.45, 7) is 2.75. The molecule has 0 aliphatic carbocycles. The van der Waals surface area contributed by atoms with E-state index in [0.717, 1.165) is 31.7 Å². The molecule has 22 heavy (non-hydrogen) atoms. The zero-order valence-corrected chi connectivity index (χ0v) is 13.5. The molecule has 0 aliphatic heterocycles. The van der Waals surface area contributed by atoms with Crippen LogP contribution in [0.25, 0.3) is 0 Å². The van der Waals surface area contributed by atoms with Gasteiger partial charge < -0.3 is 0 Å². The molecule has 5 heteroatoms. The molecule has 0 radical (unpaired) electrons. The van der Waals surface area contributed by atoms with E-state index in [9.17, 15) is 0 Å². The second kappa shape index (κ2) is 7.33. The first-order valence-electron chi connectivity index (χ1n) is 7.43. The van der Waals surface area contributed by atoms with Crippen LogP contribution in [0.1, 0.15) is 16.3 Å². The van der Waals surface area contributed by atoms with E-state index in [-0.39, 0.29) is 0 Å². The number of rotatable bonds is 7. The Balaban J connectivity index is 1.50. The molecule has 3 aromatic rings. The summed E-state index contributed by atoms with van der Waals surface area (Å²) >= 11 is 1.75. The summed E-state index contributed by atoms with van der Waals surface area (Å²) in [6, 6.07) is 12.5. The van der Waals surface area contributed by atoms with Crippen LogP contribution in [0.5, 0.6) is 0 Å². The van der Waals surface area contributed by atoms with E-state index < -0.39 is 0 Å². The lowest BCUT2D eigenvalue weighted by Crippen LogP contribution is -2.23. The van der Waals surface area contributed by atoms with Gasteiger partial charge in [-0.1, -0.05) is 30.3 Å². The Morgan fingerprint density at radius 2 is 2.05 bits per heavy atom. The van der Waals surface area contributed by atoms with Crippen LogP contribution >= 0.6 is 11.3 Å². The molecular weight excluding hydrogens is 292 g/mol. The van der Waals surface area contributed by atoms with Crippen LogP contribution in [0.2, 0.25) is 0 Å². The third-order valence-corrected chi connectivity index (χ3v) is 4.40. The smallest absolute Gasteiger partial charge is 0.0972 e. The Morgan fingerprint density at radius 1 is 1.18 bits per heavy atom. The Morgan fingerprint density at radius 3 is 2.82 bits per heavy atom. The normalized spacial score (nSPS) is 11.2. The third kappa shape index (κ3) is 4.26. The summed E-state index contributed by atoms with van der Waals surface area (Å²) < 4.78 is 1.96. The highest BCUT2D eigenvalue weighted by molar-refractivity contribution is 7.09. The van der Waals surface area contributed by atoms with Gasteiger partial charge >= 0.3 is 0 Å². The van der Waals surface area contributed by atoms with Crippen molar-refractivity contribution >= 4 is 11.3 Å².